The zero-order valence-electron chi connectivity index (χ0n) is 17.1. The summed E-state index contributed by atoms with van der Waals surface area (Å²) in [5.41, 5.74) is -2.09. The Morgan fingerprint density at radius 3 is 2.40 bits per heavy atom. The number of likely N-dealkylation sites (tertiary alicyclic amines) is 1. The second-order valence-electron chi connectivity index (χ2n) is 8.34. The molecule has 10 heteroatoms. The molecule has 164 valence electrons. The number of carbonyl (C=O) groups excluding carboxylic acids is 3. The minimum absolute atomic E-state index is 0.0397. The van der Waals surface area contributed by atoms with Crippen LogP contribution in [-0.4, -0.2) is 66.2 Å². The zero-order valence-corrected chi connectivity index (χ0v) is 17.1. The van der Waals surface area contributed by atoms with E-state index in [4.69, 9.17) is 4.74 Å². The topological polar surface area (TPSA) is 76.2 Å². The van der Waals surface area contributed by atoms with Gasteiger partial charge in [-0.25, -0.2) is 4.79 Å². The quantitative estimate of drug-likeness (QED) is 0.677. The van der Waals surface area contributed by atoms with Crippen LogP contribution in [0.1, 0.15) is 48.2 Å². The molecule has 0 N–H and O–H groups in total. The van der Waals surface area contributed by atoms with Crippen LogP contribution < -0.4 is 0 Å². The van der Waals surface area contributed by atoms with Crippen LogP contribution in [0.4, 0.5) is 18.0 Å². The van der Waals surface area contributed by atoms with Gasteiger partial charge < -0.3 is 19.3 Å². The highest BCUT2D eigenvalue weighted by atomic mass is 19.4. The summed E-state index contributed by atoms with van der Waals surface area (Å²) in [7, 11) is 1.13. The molecule has 1 aromatic rings. The highest BCUT2D eigenvalue weighted by Gasteiger charge is 2.50. The van der Waals surface area contributed by atoms with E-state index in [-0.39, 0.29) is 18.7 Å². The summed E-state index contributed by atoms with van der Waals surface area (Å²) in [5, 5.41) is 0. The number of fused-ring (bicyclic) bond motifs is 3. The molecular weight excluding hydrogens is 405 g/mol. The van der Waals surface area contributed by atoms with Crippen molar-refractivity contribution >= 4 is 18.0 Å². The van der Waals surface area contributed by atoms with E-state index in [1.54, 1.807) is 20.8 Å². The Bertz CT molecular complexity index is 878. The van der Waals surface area contributed by atoms with Gasteiger partial charge in [0.25, 0.3) is 5.91 Å². The van der Waals surface area contributed by atoms with Crippen molar-refractivity contribution in [2.45, 2.75) is 44.5 Å². The molecule has 0 unspecified atom stereocenters. The Hall–Kier alpha value is -2.78. The summed E-state index contributed by atoms with van der Waals surface area (Å²) in [4.78, 5) is 39.9. The van der Waals surface area contributed by atoms with Gasteiger partial charge in [-0.1, -0.05) is 12.1 Å². The maximum absolute atomic E-state index is 13.6. The van der Waals surface area contributed by atoms with Gasteiger partial charge in [0.2, 0.25) is 0 Å². The number of esters is 1. The number of alkyl halides is 3. The zero-order chi connectivity index (χ0) is 22.4. The van der Waals surface area contributed by atoms with Gasteiger partial charge in [0.05, 0.1) is 24.3 Å². The van der Waals surface area contributed by atoms with Crippen LogP contribution in [0.15, 0.2) is 18.2 Å². The van der Waals surface area contributed by atoms with Gasteiger partial charge in [-0.2, -0.15) is 13.2 Å². The summed E-state index contributed by atoms with van der Waals surface area (Å²) >= 11 is 0. The van der Waals surface area contributed by atoms with Gasteiger partial charge in [0.1, 0.15) is 12.1 Å². The smallest absolute Gasteiger partial charge is 0.417 e. The summed E-state index contributed by atoms with van der Waals surface area (Å²) in [6.07, 6.45) is -5.37. The number of rotatable bonds is 2. The molecule has 30 heavy (non-hydrogen) atoms. The summed E-state index contributed by atoms with van der Waals surface area (Å²) in [5.74, 6) is -2.25. The monoisotopic (exact) mass is 428 g/mol. The van der Waals surface area contributed by atoms with Crippen molar-refractivity contribution in [2.75, 3.05) is 26.7 Å². The van der Waals surface area contributed by atoms with Crippen molar-refractivity contribution in [1.82, 2.24) is 9.80 Å². The third-order valence-electron chi connectivity index (χ3n) is 5.14. The molecule has 2 heterocycles. The molecule has 0 spiro atoms. The first-order valence-corrected chi connectivity index (χ1v) is 9.39. The van der Waals surface area contributed by atoms with Crippen molar-refractivity contribution in [2.24, 2.45) is 0 Å². The number of halogens is 3. The average Bonchev–Trinajstić information content (AvgIpc) is 3.08. The fraction of sp³-hybridized carbons (Fsp3) is 0.550. The molecule has 0 bridgehead atoms. The molecule has 2 aliphatic heterocycles. The van der Waals surface area contributed by atoms with E-state index in [1.165, 1.54) is 17.0 Å². The minimum atomic E-state index is -4.74. The highest BCUT2D eigenvalue weighted by molar-refractivity contribution is 6.00. The third-order valence-corrected chi connectivity index (χ3v) is 5.14. The second-order valence-corrected chi connectivity index (χ2v) is 8.34. The van der Waals surface area contributed by atoms with Crippen molar-refractivity contribution in [3.63, 3.8) is 0 Å². The number of ether oxygens (including phenoxy) is 2. The van der Waals surface area contributed by atoms with Gasteiger partial charge >= 0.3 is 18.2 Å². The van der Waals surface area contributed by atoms with Gasteiger partial charge in [0.15, 0.2) is 0 Å². The van der Waals surface area contributed by atoms with Crippen molar-refractivity contribution in [3.8, 4) is 0 Å². The number of hydrogen-bond donors (Lipinski definition) is 0. The molecule has 0 aliphatic carbocycles. The lowest BCUT2D eigenvalue weighted by atomic mass is 9.82. The number of amides is 2. The normalized spacial score (nSPS) is 21.2. The Morgan fingerprint density at radius 1 is 1.17 bits per heavy atom. The first kappa shape index (κ1) is 21.9. The van der Waals surface area contributed by atoms with Crippen LogP contribution in [0, 0.1) is 0 Å². The first-order valence-electron chi connectivity index (χ1n) is 9.39. The van der Waals surface area contributed by atoms with E-state index in [9.17, 15) is 27.6 Å². The van der Waals surface area contributed by atoms with E-state index in [0.29, 0.717) is 0 Å². The van der Waals surface area contributed by atoms with Gasteiger partial charge in [0, 0.05) is 19.0 Å². The van der Waals surface area contributed by atoms with Crippen LogP contribution >= 0.6 is 0 Å². The maximum atomic E-state index is 13.6. The third kappa shape index (κ3) is 4.08. The lowest BCUT2D eigenvalue weighted by Crippen LogP contribution is -2.51. The molecule has 1 aromatic carbocycles. The summed E-state index contributed by atoms with van der Waals surface area (Å²) in [6, 6.07) is 2.89. The lowest BCUT2D eigenvalue weighted by molar-refractivity contribution is -0.141. The minimum Gasteiger partial charge on any atom is -0.468 e. The van der Waals surface area contributed by atoms with E-state index < -0.39 is 59.4 Å². The number of nitrogens with zero attached hydrogens (tertiary/aromatic N) is 2. The number of carbonyl (C=O) groups is 3. The predicted octanol–water partition coefficient (Wildman–Crippen LogP) is 3.04. The largest absolute Gasteiger partial charge is 0.468 e. The molecule has 2 aliphatic rings. The first-order chi connectivity index (χ1) is 13.8. The Balaban J connectivity index is 2.05. The molecule has 3 rings (SSSR count). The Labute approximate surface area is 171 Å². The van der Waals surface area contributed by atoms with E-state index in [2.05, 4.69) is 4.74 Å². The lowest BCUT2D eigenvalue weighted by Gasteiger charge is -2.38. The number of hydrogen-bond acceptors (Lipinski definition) is 5. The van der Waals surface area contributed by atoms with Crippen LogP contribution in [0.2, 0.25) is 0 Å². The molecule has 0 aromatic heterocycles. The molecule has 0 radical (unpaired) electrons. The van der Waals surface area contributed by atoms with Gasteiger partial charge in [-0.05, 0) is 32.4 Å². The SMILES string of the molecule is COC(=O)CN1C(=O)c2c(cccc2C(F)(F)F)[C@H]2CN(C(=O)OC(C)(C)C)C[C@@H]21. The predicted molar refractivity (Wildman–Crippen MR) is 98.8 cm³/mol. The van der Waals surface area contributed by atoms with Crippen LogP contribution in [0.5, 0.6) is 0 Å². The summed E-state index contributed by atoms with van der Waals surface area (Å²) < 4.78 is 50.8. The van der Waals surface area contributed by atoms with Gasteiger partial charge in [-0.15, -0.1) is 0 Å². The number of benzene rings is 1. The second kappa shape index (κ2) is 7.48. The van der Waals surface area contributed by atoms with Gasteiger partial charge in [-0.3, -0.25) is 9.59 Å². The molecular formula is C20H23F3N2O5. The van der Waals surface area contributed by atoms with E-state index in [1.807, 2.05) is 0 Å². The van der Waals surface area contributed by atoms with Crippen molar-refractivity contribution in [3.05, 3.63) is 34.9 Å². The Morgan fingerprint density at radius 2 is 1.83 bits per heavy atom. The van der Waals surface area contributed by atoms with Crippen LogP contribution in [0.25, 0.3) is 0 Å². The van der Waals surface area contributed by atoms with Crippen LogP contribution in [-0.2, 0) is 20.4 Å². The molecule has 1 fully saturated rings. The average molecular weight is 428 g/mol. The number of methoxy groups -OCH3 is 1. The fourth-order valence-corrected chi connectivity index (χ4v) is 3.92. The molecule has 2 atom stereocenters. The molecule has 0 saturated carbocycles. The fourth-order valence-electron chi connectivity index (χ4n) is 3.92. The van der Waals surface area contributed by atoms with Crippen molar-refractivity contribution < 1.29 is 37.0 Å². The standard InChI is InChI=1S/C20H23F3N2O5/c1-19(2,3)30-18(28)24-8-12-11-6-5-7-13(20(21,22)23)16(11)17(27)25(14(12)9-24)10-15(26)29-4/h5-7,12,14H,8-10H2,1-4H3/t12-,14+/m1/s1. The molecule has 7 nitrogen and oxygen atoms in total. The van der Waals surface area contributed by atoms with E-state index in [0.717, 1.165) is 18.1 Å². The Kier molecular flexibility index (Phi) is 5.46. The van der Waals surface area contributed by atoms with E-state index >= 15 is 0 Å². The molecule has 1 saturated heterocycles. The maximum Gasteiger partial charge on any atom is 0.417 e. The highest BCUT2D eigenvalue weighted by Crippen LogP contribution is 2.43. The van der Waals surface area contributed by atoms with Crippen molar-refractivity contribution in [1.29, 1.82) is 0 Å². The summed E-state index contributed by atoms with van der Waals surface area (Å²) in [6.45, 7) is 4.70. The van der Waals surface area contributed by atoms with Crippen LogP contribution in [0.3, 0.4) is 0 Å². The molecule has 2 amide bonds.